The molecule has 0 fully saturated rings. The number of amides is 2. The molecule has 2 aromatic carbocycles. The SMILES string of the molecule is CCSc1ccc(NC(=O)Nc2ccc(Cl)c(Cl)c2)c(C)c1. The van der Waals surface area contributed by atoms with Crippen molar-refractivity contribution >= 4 is 52.4 Å². The summed E-state index contributed by atoms with van der Waals surface area (Å²) < 4.78 is 0. The van der Waals surface area contributed by atoms with E-state index in [1.807, 2.05) is 19.1 Å². The molecule has 2 aromatic rings. The van der Waals surface area contributed by atoms with Gasteiger partial charge >= 0.3 is 6.03 Å². The number of rotatable bonds is 4. The Labute approximate surface area is 144 Å². The monoisotopic (exact) mass is 354 g/mol. The van der Waals surface area contributed by atoms with Crippen molar-refractivity contribution in [1.29, 1.82) is 0 Å². The maximum atomic E-state index is 12.0. The molecule has 6 heteroatoms. The van der Waals surface area contributed by atoms with Crippen LogP contribution in [-0.2, 0) is 0 Å². The summed E-state index contributed by atoms with van der Waals surface area (Å²) in [4.78, 5) is 13.2. The average molecular weight is 355 g/mol. The van der Waals surface area contributed by atoms with Crippen molar-refractivity contribution < 1.29 is 4.79 Å². The molecular formula is C16H16Cl2N2OS. The summed E-state index contributed by atoms with van der Waals surface area (Å²) in [5.74, 6) is 1.02. The second kappa shape index (κ2) is 7.77. The molecule has 2 N–H and O–H groups in total. The summed E-state index contributed by atoms with van der Waals surface area (Å²) in [7, 11) is 0. The lowest BCUT2D eigenvalue weighted by atomic mass is 10.2. The van der Waals surface area contributed by atoms with Crippen molar-refractivity contribution in [2.75, 3.05) is 16.4 Å². The van der Waals surface area contributed by atoms with Crippen LogP contribution in [0.25, 0.3) is 0 Å². The van der Waals surface area contributed by atoms with Crippen molar-refractivity contribution in [2.24, 2.45) is 0 Å². The highest BCUT2D eigenvalue weighted by atomic mass is 35.5. The molecule has 0 aliphatic rings. The van der Waals surface area contributed by atoms with Gasteiger partial charge in [0, 0.05) is 16.3 Å². The van der Waals surface area contributed by atoms with E-state index in [4.69, 9.17) is 23.2 Å². The van der Waals surface area contributed by atoms with Gasteiger partial charge in [-0.1, -0.05) is 30.1 Å². The number of anilines is 2. The molecule has 0 bridgehead atoms. The zero-order valence-corrected chi connectivity index (χ0v) is 14.6. The zero-order valence-electron chi connectivity index (χ0n) is 12.2. The van der Waals surface area contributed by atoms with Gasteiger partial charge in [0.15, 0.2) is 0 Å². The first-order chi connectivity index (χ1) is 10.5. The summed E-state index contributed by atoms with van der Waals surface area (Å²) in [5, 5.41) is 6.40. The molecule has 0 unspecified atom stereocenters. The van der Waals surface area contributed by atoms with Gasteiger partial charge in [-0.25, -0.2) is 4.79 Å². The second-order valence-electron chi connectivity index (χ2n) is 4.62. The number of benzene rings is 2. The number of hydrogen-bond acceptors (Lipinski definition) is 2. The van der Waals surface area contributed by atoms with Crippen LogP contribution in [-0.4, -0.2) is 11.8 Å². The summed E-state index contributed by atoms with van der Waals surface area (Å²) in [6.07, 6.45) is 0. The minimum Gasteiger partial charge on any atom is -0.308 e. The number of aryl methyl sites for hydroxylation is 1. The molecule has 0 saturated carbocycles. The second-order valence-corrected chi connectivity index (χ2v) is 6.77. The van der Waals surface area contributed by atoms with Gasteiger partial charge in [0.1, 0.15) is 0 Å². The van der Waals surface area contributed by atoms with Gasteiger partial charge in [-0.3, -0.25) is 0 Å². The molecule has 0 aliphatic heterocycles. The van der Waals surface area contributed by atoms with Crippen LogP contribution >= 0.6 is 35.0 Å². The van der Waals surface area contributed by atoms with Crippen LogP contribution < -0.4 is 10.6 Å². The van der Waals surface area contributed by atoms with Crippen molar-refractivity contribution in [3.63, 3.8) is 0 Å². The lowest BCUT2D eigenvalue weighted by molar-refractivity contribution is 0.262. The van der Waals surface area contributed by atoms with Crippen LogP contribution in [0.15, 0.2) is 41.3 Å². The third-order valence-corrected chi connectivity index (χ3v) is 4.55. The minimum absolute atomic E-state index is 0.322. The number of thioether (sulfide) groups is 1. The number of carbonyl (C=O) groups excluding carboxylic acids is 1. The number of urea groups is 1. The van der Waals surface area contributed by atoms with Crippen LogP contribution in [0.4, 0.5) is 16.2 Å². The summed E-state index contributed by atoms with van der Waals surface area (Å²) >= 11 is 13.5. The standard InChI is InChI=1S/C16H16Cl2N2OS/c1-3-22-12-5-7-15(10(2)8-12)20-16(21)19-11-4-6-13(17)14(18)9-11/h4-9H,3H2,1-2H3,(H2,19,20,21). The Morgan fingerprint density at radius 1 is 1.09 bits per heavy atom. The maximum absolute atomic E-state index is 12.0. The lowest BCUT2D eigenvalue weighted by Gasteiger charge is -2.11. The third-order valence-electron chi connectivity index (χ3n) is 2.93. The molecular weight excluding hydrogens is 339 g/mol. The summed E-state index contributed by atoms with van der Waals surface area (Å²) in [6, 6.07) is 10.6. The van der Waals surface area contributed by atoms with Gasteiger partial charge in [-0.05, 0) is 54.6 Å². The number of nitrogens with one attached hydrogen (secondary N) is 2. The van der Waals surface area contributed by atoms with E-state index in [0.717, 1.165) is 17.0 Å². The van der Waals surface area contributed by atoms with E-state index in [0.29, 0.717) is 15.7 Å². The smallest absolute Gasteiger partial charge is 0.308 e. The van der Waals surface area contributed by atoms with Gasteiger partial charge in [0.25, 0.3) is 0 Å². The number of carbonyl (C=O) groups is 1. The molecule has 0 saturated heterocycles. The Balaban J connectivity index is 2.04. The first-order valence-corrected chi connectivity index (χ1v) is 8.50. The number of hydrogen-bond donors (Lipinski definition) is 2. The molecule has 0 atom stereocenters. The molecule has 22 heavy (non-hydrogen) atoms. The van der Waals surface area contributed by atoms with Crippen LogP contribution in [0.3, 0.4) is 0 Å². The normalized spacial score (nSPS) is 10.4. The quantitative estimate of drug-likeness (QED) is 0.655. The van der Waals surface area contributed by atoms with Crippen molar-refractivity contribution in [1.82, 2.24) is 0 Å². The molecule has 2 amide bonds. The molecule has 0 heterocycles. The van der Waals surface area contributed by atoms with Gasteiger partial charge in [-0.2, -0.15) is 0 Å². The van der Waals surface area contributed by atoms with E-state index >= 15 is 0 Å². The lowest BCUT2D eigenvalue weighted by Crippen LogP contribution is -2.19. The first-order valence-electron chi connectivity index (χ1n) is 6.76. The van der Waals surface area contributed by atoms with Gasteiger partial charge in [0.05, 0.1) is 10.0 Å². The Hall–Kier alpha value is -1.36. The van der Waals surface area contributed by atoms with E-state index in [1.54, 1.807) is 30.0 Å². The Morgan fingerprint density at radius 3 is 2.50 bits per heavy atom. The van der Waals surface area contributed by atoms with E-state index in [9.17, 15) is 4.79 Å². The van der Waals surface area contributed by atoms with Crippen molar-refractivity contribution in [2.45, 2.75) is 18.7 Å². The Kier molecular flexibility index (Phi) is 6.00. The summed E-state index contributed by atoms with van der Waals surface area (Å²) in [6.45, 7) is 4.07. The van der Waals surface area contributed by atoms with E-state index in [1.165, 1.54) is 4.90 Å². The Bertz CT molecular complexity index is 692. The van der Waals surface area contributed by atoms with Crippen LogP contribution in [0, 0.1) is 6.92 Å². The fourth-order valence-corrected chi connectivity index (χ4v) is 2.95. The highest BCUT2D eigenvalue weighted by molar-refractivity contribution is 7.99. The molecule has 0 radical (unpaired) electrons. The van der Waals surface area contributed by atoms with Crippen LogP contribution in [0.1, 0.15) is 12.5 Å². The fraction of sp³-hybridized carbons (Fsp3) is 0.188. The highest BCUT2D eigenvalue weighted by Crippen LogP contribution is 2.26. The first kappa shape index (κ1) is 17.0. The highest BCUT2D eigenvalue weighted by Gasteiger charge is 2.07. The van der Waals surface area contributed by atoms with Gasteiger partial charge in [0.2, 0.25) is 0 Å². The fourth-order valence-electron chi connectivity index (χ4n) is 1.89. The molecule has 0 aliphatic carbocycles. The topological polar surface area (TPSA) is 41.1 Å². The molecule has 2 rings (SSSR count). The van der Waals surface area contributed by atoms with Gasteiger partial charge < -0.3 is 10.6 Å². The number of halogens is 2. The summed E-state index contributed by atoms with van der Waals surface area (Å²) in [5.41, 5.74) is 2.38. The van der Waals surface area contributed by atoms with E-state index < -0.39 is 0 Å². The predicted octanol–water partition coefficient (Wildman–Crippen LogP) is 6.06. The predicted molar refractivity (Wildman–Crippen MR) is 96.7 cm³/mol. The molecule has 0 spiro atoms. The molecule has 3 nitrogen and oxygen atoms in total. The molecule has 116 valence electrons. The van der Waals surface area contributed by atoms with Crippen LogP contribution in [0.2, 0.25) is 10.0 Å². The van der Waals surface area contributed by atoms with E-state index in [-0.39, 0.29) is 6.03 Å². The average Bonchev–Trinajstić information content (AvgIpc) is 2.46. The van der Waals surface area contributed by atoms with E-state index in [2.05, 4.69) is 23.6 Å². The largest absolute Gasteiger partial charge is 0.323 e. The third kappa shape index (κ3) is 4.57. The molecule has 0 aromatic heterocycles. The zero-order chi connectivity index (χ0) is 16.1. The Morgan fingerprint density at radius 2 is 1.86 bits per heavy atom. The van der Waals surface area contributed by atoms with Gasteiger partial charge in [-0.15, -0.1) is 11.8 Å². The van der Waals surface area contributed by atoms with Crippen molar-refractivity contribution in [3.05, 3.63) is 52.0 Å². The maximum Gasteiger partial charge on any atom is 0.323 e. The minimum atomic E-state index is -0.322. The van der Waals surface area contributed by atoms with Crippen molar-refractivity contribution in [3.8, 4) is 0 Å². The van der Waals surface area contributed by atoms with Crippen LogP contribution in [0.5, 0.6) is 0 Å².